The fraction of sp³-hybridized carbons (Fsp3) is 0.714. The van der Waals surface area contributed by atoms with Crippen LogP contribution in [0.3, 0.4) is 0 Å². The van der Waals surface area contributed by atoms with E-state index in [1.165, 1.54) is 44.9 Å². The Balaban J connectivity index is 1.25. The Hall–Kier alpha value is -2.28. The number of aromatic nitrogens is 4. The summed E-state index contributed by atoms with van der Waals surface area (Å²) in [6, 6.07) is 5.83. The van der Waals surface area contributed by atoms with Gasteiger partial charge in [-0.05, 0) is 63.5 Å². The Labute approximate surface area is 210 Å². The third-order valence-electron chi connectivity index (χ3n) is 8.69. The van der Waals surface area contributed by atoms with E-state index in [-0.39, 0.29) is 17.9 Å². The Morgan fingerprint density at radius 2 is 1.80 bits per heavy atom. The first-order chi connectivity index (χ1) is 17.0. The summed E-state index contributed by atoms with van der Waals surface area (Å²) in [6.07, 6.45) is 15.2. The van der Waals surface area contributed by atoms with Crippen molar-refractivity contribution < 1.29 is 4.79 Å². The van der Waals surface area contributed by atoms with Crippen molar-refractivity contribution in [3.05, 3.63) is 41.7 Å². The number of carbonyl (C=O) groups excluding carboxylic acids is 1. The minimum atomic E-state index is 0.0305. The highest BCUT2D eigenvalue weighted by Gasteiger charge is 2.42. The largest absolute Gasteiger partial charge is 0.349 e. The van der Waals surface area contributed by atoms with Crippen LogP contribution in [0.1, 0.15) is 113 Å². The lowest BCUT2D eigenvalue weighted by Crippen LogP contribution is -2.45. The van der Waals surface area contributed by atoms with E-state index in [0.29, 0.717) is 24.0 Å². The molecular weight excluding hydrogens is 436 g/mol. The topological polar surface area (TPSA) is 75.9 Å². The molecule has 0 radical (unpaired) electrons. The first kappa shape index (κ1) is 24.4. The number of pyridine rings is 1. The van der Waals surface area contributed by atoms with Gasteiger partial charge in [0.05, 0.1) is 6.04 Å². The minimum absolute atomic E-state index is 0.0305. The number of amides is 1. The Bertz CT molecular complexity index is 969. The van der Waals surface area contributed by atoms with E-state index in [4.69, 9.17) is 0 Å². The zero-order chi connectivity index (χ0) is 24.4. The summed E-state index contributed by atoms with van der Waals surface area (Å²) in [5, 5.41) is 12.3. The van der Waals surface area contributed by atoms with Crippen LogP contribution in [-0.2, 0) is 4.79 Å². The maximum atomic E-state index is 13.1. The van der Waals surface area contributed by atoms with Crippen molar-refractivity contribution in [1.29, 1.82) is 0 Å². The van der Waals surface area contributed by atoms with Crippen molar-refractivity contribution in [3.63, 3.8) is 0 Å². The standard InChI is InChI=1S/C28H42N6O/c1-19(2)27-32-31-20(3)34(27)25-16-23-11-12-24(17-25)33(23)15-13-26(22-10-7-14-29-18-22)30-28(35)21-8-5-4-6-9-21/h7,10,14,18-19,21,23-26H,4-6,8-9,11-13,15-17H2,1-3H3,(H,30,35)/t23?,24?,25?,26-/m0/s1. The number of hydrogen-bond acceptors (Lipinski definition) is 5. The van der Waals surface area contributed by atoms with Crippen molar-refractivity contribution in [2.75, 3.05) is 6.54 Å². The van der Waals surface area contributed by atoms with E-state index < -0.39 is 0 Å². The molecule has 3 aliphatic rings. The molecule has 0 spiro atoms. The average molecular weight is 479 g/mol. The van der Waals surface area contributed by atoms with Crippen LogP contribution in [0, 0.1) is 12.8 Å². The van der Waals surface area contributed by atoms with Gasteiger partial charge in [0.1, 0.15) is 11.6 Å². The van der Waals surface area contributed by atoms with Gasteiger partial charge in [0.15, 0.2) is 0 Å². The summed E-state index contributed by atoms with van der Waals surface area (Å²) in [6.45, 7) is 7.54. The molecule has 190 valence electrons. The fourth-order valence-electron chi connectivity index (χ4n) is 6.89. The van der Waals surface area contributed by atoms with Crippen LogP contribution >= 0.6 is 0 Å². The van der Waals surface area contributed by atoms with Crippen LogP contribution in [-0.4, -0.2) is 49.2 Å². The van der Waals surface area contributed by atoms with Gasteiger partial charge in [-0.15, -0.1) is 10.2 Å². The van der Waals surface area contributed by atoms with E-state index in [0.717, 1.165) is 43.0 Å². The van der Waals surface area contributed by atoms with E-state index in [2.05, 4.69) is 56.8 Å². The molecule has 1 N–H and O–H groups in total. The Morgan fingerprint density at radius 3 is 2.46 bits per heavy atom. The van der Waals surface area contributed by atoms with Crippen LogP contribution in [0.4, 0.5) is 0 Å². The molecular formula is C28H42N6O. The molecule has 1 aliphatic carbocycles. The molecule has 2 aromatic heterocycles. The van der Waals surface area contributed by atoms with Gasteiger partial charge in [0, 0.05) is 48.9 Å². The number of nitrogens with zero attached hydrogens (tertiary/aromatic N) is 5. The summed E-state index contributed by atoms with van der Waals surface area (Å²) in [5.41, 5.74) is 1.13. The summed E-state index contributed by atoms with van der Waals surface area (Å²) >= 11 is 0. The molecule has 1 saturated carbocycles. The normalized spacial score (nSPS) is 26.2. The lowest BCUT2D eigenvalue weighted by atomic mass is 9.88. The second-order valence-electron chi connectivity index (χ2n) is 11.3. The molecule has 7 nitrogen and oxygen atoms in total. The second kappa shape index (κ2) is 10.8. The summed E-state index contributed by atoms with van der Waals surface area (Å²) in [7, 11) is 0. The van der Waals surface area contributed by atoms with Crippen molar-refractivity contribution in [3.8, 4) is 0 Å². The minimum Gasteiger partial charge on any atom is -0.349 e. The number of rotatable bonds is 8. The average Bonchev–Trinajstić information content (AvgIpc) is 3.38. The van der Waals surface area contributed by atoms with E-state index >= 15 is 0 Å². The number of aryl methyl sites for hydroxylation is 1. The molecule has 2 aromatic rings. The van der Waals surface area contributed by atoms with E-state index in [1.54, 1.807) is 0 Å². The summed E-state index contributed by atoms with van der Waals surface area (Å²) < 4.78 is 2.43. The number of fused-ring (bicyclic) bond motifs is 2. The Kier molecular flexibility index (Phi) is 7.51. The van der Waals surface area contributed by atoms with Gasteiger partial charge in [-0.25, -0.2) is 0 Å². The van der Waals surface area contributed by atoms with Crippen LogP contribution < -0.4 is 5.32 Å². The number of carbonyl (C=O) groups is 1. The van der Waals surface area contributed by atoms with Gasteiger partial charge in [0.2, 0.25) is 5.91 Å². The van der Waals surface area contributed by atoms with Gasteiger partial charge in [0.25, 0.3) is 0 Å². The smallest absolute Gasteiger partial charge is 0.223 e. The lowest BCUT2D eigenvalue weighted by Gasteiger charge is -2.40. The van der Waals surface area contributed by atoms with Crippen molar-refractivity contribution >= 4 is 5.91 Å². The maximum absolute atomic E-state index is 13.1. The fourth-order valence-corrected chi connectivity index (χ4v) is 6.89. The summed E-state index contributed by atoms with van der Waals surface area (Å²) in [5.74, 6) is 2.98. The van der Waals surface area contributed by atoms with Gasteiger partial charge >= 0.3 is 0 Å². The highest BCUT2D eigenvalue weighted by Crippen LogP contribution is 2.42. The number of nitrogens with one attached hydrogen (secondary N) is 1. The molecule has 0 aromatic carbocycles. The Morgan fingerprint density at radius 1 is 1.06 bits per heavy atom. The molecule has 7 heteroatoms. The first-order valence-electron chi connectivity index (χ1n) is 13.9. The maximum Gasteiger partial charge on any atom is 0.223 e. The lowest BCUT2D eigenvalue weighted by molar-refractivity contribution is -0.126. The monoisotopic (exact) mass is 478 g/mol. The number of piperidine rings is 1. The molecule has 3 atom stereocenters. The molecule has 4 heterocycles. The third-order valence-corrected chi connectivity index (χ3v) is 8.69. The van der Waals surface area contributed by atoms with E-state index in [1.807, 2.05) is 18.5 Å². The molecule has 3 fully saturated rings. The molecule has 1 amide bonds. The van der Waals surface area contributed by atoms with Crippen molar-refractivity contribution in [2.24, 2.45) is 5.92 Å². The third kappa shape index (κ3) is 5.30. The zero-order valence-corrected chi connectivity index (χ0v) is 21.7. The van der Waals surface area contributed by atoms with Gasteiger partial charge < -0.3 is 9.88 Å². The first-order valence-corrected chi connectivity index (χ1v) is 13.9. The van der Waals surface area contributed by atoms with Gasteiger partial charge in [-0.3, -0.25) is 14.7 Å². The SMILES string of the molecule is Cc1nnc(C(C)C)n1C1CC2CCC(C1)N2CC[C@H](NC(=O)C1CCCCC1)c1cccnc1. The predicted octanol–water partition coefficient (Wildman–Crippen LogP) is 5.10. The van der Waals surface area contributed by atoms with Crippen LogP contribution in [0.2, 0.25) is 0 Å². The molecule has 35 heavy (non-hydrogen) atoms. The summed E-state index contributed by atoms with van der Waals surface area (Å²) in [4.78, 5) is 20.2. The van der Waals surface area contributed by atoms with Crippen molar-refractivity contribution in [1.82, 2.24) is 30.0 Å². The molecule has 2 saturated heterocycles. The van der Waals surface area contributed by atoms with Crippen LogP contribution in [0.5, 0.6) is 0 Å². The number of hydrogen-bond donors (Lipinski definition) is 1. The van der Waals surface area contributed by atoms with Gasteiger partial charge in [-0.2, -0.15) is 0 Å². The van der Waals surface area contributed by atoms with Gasteiger partial charge in [-0.1, -0.05) is 39.2 Å². The molecule has 2 bridgehead atoms. The highest BCUT2D eigenvalue weighted by atomic mass is 16.1. The zero-order valence-electron chi connectivity index (χ0n) is 21.7. The molecule has 2 unspecified atom stereocenters. The van der Waals surface area contributed by atoms with Crippen LogP contribution in [0.15, 0.2) is 24.5 Å². The molecule has 5 rings (SSSR count). The van der Waals surface area contributed by atoms with Crippen molar-refractivity contribution in [2.45, 2.75) is 115 Å². The second-order valence-corrected chi connectivity index (χ2v) is 11.3. The van der Waals surface area contributed by atoms with Crippen LogP contribution in [0.25, 0.3) is 0 Å². The quantitative estimate of drug-likeness (QED) is 0.571. The highest BCUT2D eigenvalue weighted by molar-refractivity contribution is 5.79. The molecule has 2 aliphatic heterocycles. The van der Waals surface area contributed by atoms with E-state index in [9.17, 15) is 4.79 Å². The predicted molar refractivity (Wildman–Crippen MR) is 137 cm³/mol.